The monoisotopic (exact) mass is 353 g/mol. The largest absolute Gasteiger partial charge is 0.494 e. The molecular formula is C21H27N3O2. The van der Waals surface area contributed by atoms with Crippen LogP contribution in [0.4, 0.5) is 11.4 Å². The Hall–Kier alpha value is -2.53. The minimum absolute atomic E-state index is 0.0308. The Bertz CT molecular complexity index is 697. The van der Waals surface area contributed by atoms with Gasteiger partial charge in [-0.3, -0.25) is 4.79 Å². The van der Waals surface area contributed by atoms with Crippen molar-refractivity contribution in [1.82, 2.24) is 4.90 Å². The maximum Gasteiger partial charge on any atom is 0.224 e. The van der Waals surface area contributed by atoms with Crippen molar-refractivity contribution in [2.75, 3.05) is 50.1 Å². The minimum atomic E-state index is 0.0308. The molecule has 0 aliphatic carbocycles. The summed E-state index contributed by atoms with van der Waals surface area (Å²) in [4.78, 5) is 17.0. The van der Waals surface area contributed by atoms with Gasteiger partial charge in [0.15, 0.2) is 0 Å². The van der Waals surface area contributed by atoms with Crippen LogP contribution in [0.25, 0.3) is 0 Å². The fourth-order valence-electron chi connectivity index (χ4n) is 3.05. The zero-order chi connectivity index (χ0) is 18.2. The van der Waals surface area contributed by atoms with Gasteiger partial charge in [0, 0.05) is 32.6 Å². The van der Waals surface area contributed by atoms with Crippen LogP contribution in [0.5, 0.6) is 5.75 Å². The maximum absolute atomic E-state index is 12.3. The molecule has 3 rings (SSSR count). The van der Waals surface area contributed by atoms with E-state index in [-0.39, 0.29) is 5.91 Å². The SMILES string of the molecule is CN1CCN(c2ccccc2NC(=O)CCCOc2ccccc2)CC1. The number of anilines is 2. The zero-order valence-corrected chi connectivity index (χ0v) is 15.4. The number of hydrogen-bond donors (Lipinski definition) is 1. The average molecular weight is 353 g/mol. The second-order valence-corrected chi connectivity index (χ2v) is 6.62. The lowest BCUT2D eigenvalue weighted by Gasteiger charge is -2.35. The van der Waals surface area contributed by atoms with Gasteiger partial charge in [-0.15, -0.1) is 0 Å². The van der Waals surface area contributed by atoms with Crippen molar-refractivity contribution in [3.05, 3.63) is 54.6 Å². The Kier molecular flexibility index (Phi) is 6.50. The first-order valence-electron chi connectivity index (χ1n) is 9.22. The first-order chi connectivity index (χ1) is 12.7. The number of carbonyl (C=O) groups is 1. The second-order valence-electron chi connectivity index (χ2n) is 6.62. The molecule has 0 unspecified atom stereocenters. The van der Waals surface area contributed by atoms with Crippen molar-refractivity contribution < 1.29 is 9.53 Å². The number of hydrogen-bond acceptors (Lipinski definition) is 4. The second kappa shape index (κ2) is 9.25. The van der Waals surface area contributed by atoms with Gasteiger partial charge >= 0.3 is 0 Å². The van der Waals surface area contributed by atoms with E-state index in [4.69, 9.17) is 4.74 Å². The number of amides is 1. The van der Waals surface area contributed by atoms with Crippen LogP contribution in [0.3, 0.4) is 0 Å². The van der Waals surface area contributed by atoms with Gasteiger partial charge in [-0.25, -0.2) is 0 Å². The van der Waals surface area contributed by atoms with Crippen LogP contribution in [0.1, 0.15) is 12.8 Å². The summed E-state index contributed by atoms with van der Waals surface area (Å²) in [7, 11) is 2.14. The molecule has 0 bridgehead atoms. The molecule has 0 radical (unpaired) electrons. The highest BCUT2D eigenvalue weighted by molar-refractivity contribution is 5.94. The number of carbonyl (C=O) groups excluding carboxylic acids is 1. The molecule has 0 spiro atoms. The highest BCUT2D eigenvalue weighted by Crippen LogP contribution is 2.26. The predicted octanol–water partition coefficient (Wildman–Crippen LogP) is 3.24. The molecule has 1 amide bonds. The molecule has 1 N–H and O–H groups in total. The van der Waals surface area contributed by atoms with Gasteiger partial charge in [0.05, 0.1) is 18.0 Å². The van der Waals surface area contributed by atoms with Gasteiger partial charge in [-0.2, -0.15) is 0 Å². The molecule has 5 nitrogen and oxygen atoms in total. The van der Waals surface area contributed by atoms with Crippen LogP contribution in [-0.2, 0) is 4.79 Å². The molecule has 0 atom stereocenters. The van der Waals surface area contributed by atoms with E-state index in [0.717, 1.165) is 43.3 Å². The van der Waals surface area contributed by atoms with Crippen LogP contribution < -0.4 is 15.0 Å². The zero-order valence-electron chi connectivity index (χ0n) is 15.4. The molecule has 0 saturated carbocycles. The number of benzene rings is 2. The average Bonchev–Trinajstić information content (AvgIpc) is 2.67. The van der Waals surface area contributed by atoms with Crippen molar-refractivity contribution in [2.45, 2.75) is 12.8 Å². The van der Waals surface area contributed by atoms with E-state index in [1.165, 1.54) is 0 Å². The highest BCUT2D eigenvalue weighted by atomic mass is 16.5. The minimum Gasteiger partial charge on any atom is -0.494 e. The molecule has 26 heavy (non-hydrogen) atoms. The van der Waals surface area contributed by atoms with Crippen LogP contribution in [0, 0.1) is 0 Å². The van der Waals surface area contributed by atoms with Crippen molar-refractivity contribution in [2.24, 2.45) is 0 Å². The van der Waals surface area contributed by atoms with E-state index in [1.807, 2.05) is 48.5 Å². The Morgan fingerprint density at radius 3 is 2.46 bits per heavy atom. The number of likely N-dealkylation sites (N-methyl/N-ethyl adjacent to an activating group) is 1. The lowest BCUT2D eigenvalue weighted by molar-refractivity contribution is -0.116. The van der Waals surface area contributed by atoms with Gasteiger partial charge in [0.2, 0.25) is 5.91 Å². The summed E-state index contributed by atoms with van der Waals surface area (Å²) in [6.07, 6.45) is 1.14. The Balaban J connectivity index is 1.48. The molecule has 1 saturated heterocycles. The summed E-state index contributed by atoms with van der Waals surface area (Å²) in [6, 6.07) is 17.7. The van der Waals surface area contributed by atoms with Crippen LogP contribution in [0.15, 0.2) is 54.6 Å². The van der Waals surface area contributed by atoms with Gasteiger partial charge < -0.3 is 19.9 Å². The maximum atomic E-state index is 12.3. The Morgan fingerprint density at radius 1 is 1.00 bits per heavy atom. The van der Waals surface area contributed by atoms with Crippen molar-refractivity contribution in [3.63, 3.8) is 0 Å². The number of rotatable bonds is 7. The molecule has 1 fully saturated rings. The van der Waals surface area contributed by atoms with E-state index in [2.05, 4.69) is 28.2 Å². The van der Waals surface area contributed by atoms with Crippen LogP contribution in [0.2, 0.25) is 0 Å². The van der Waals surface area contributed by atoms with Crippen molar-refractivity contribution >= 4 is 17.3 Å². The molecule has 1 heterocycles. The Labute approximate surface area is 155 Å². The number of piperazine rings is 1. The van der Waals surface area contributed by atoms with E-state index in [1.54, 1.807) is 0 Å². The molecular weight excluding hydrogens is 326 g/mol. The summed E-state index contributed by atoms with van der Waals surface area (Å²) in [6.45, 7) is 4.58. The molecule has 2 aromatic rings. The van der Waals surface area contributed by atoms with Gasteiger partial charge in [-0.05, 0) is 37.7 Å². The topological polar surface area (TPSA) is 44.8 Å². The number of ether oxygens (including phenoxy) is 1. The number of para-hydroxylation sites is 3. The standard InChI is InChI=1S/C21H27N3O2/c1-23-13-15-24(16-14-23)20-11-6-5-10-19(20)22-21(25)12-7-17-26-18-8-3-2-4-9-18/h2-6,8-11H,7,12-17H2,1H3,(H,22,25). The molecule has 1 aliphatic rings. The molecule has 2 aromatic carbocycles. The first-order valence-corrected chi connectivity index (χ1v) is 9.22. The first kappa shape index (κ1) is 18.3. The molecule has 138 valence electrons. The third-order valence-corrected chi connectivity index (χ3v) is 4.58. The smallest absolute Gasteiger partial charge is 0.224 e. The number of nitrogens with one attached hydrogen (secondary N) is 1. The van der Waals surface area contributed by atoms with Gasteiger partial charge in [0.25, 0.3) is 0 Å². The van der Waals surface area contributed by atoms with Crippen molar-refractivity contribution in [3.8, 4) is 5.75 Å². The predicted molar refractivity (Wildman–Crippen MR) is 106 cm³/mol. The lowest BCUT2D eigenvalue weighted by Crippen LogP contribution is -2.44. The quantitative estimate of drug-likeness (QED) is 0.776. The summed E-state index contributed by atoms with van der Waals surface area (Å²) in [5.74, 6) is 0.872. The summed E-state index contributed by atoms with van der Waals surface area (Å²) >= 11 is 0. The fraction of sp³-hybridized carbons (Fsp3) is 0.381. The third kappa shape index (κ3) is 5.23. The van der Waals surface area contributed by atoms with E-state index in [9.17, 15) is 4.79 Å². The third-order valence-electron chi connectivity index (χ3n) is 4.58. The molecule has 1 aliphatic heterocycles. The summed E-state index contributed by atoms with van der Waals surface area (Å²) < 4.78 is 5.64. The molecule has 5 heteroatoms. The van der Waals surface area contributed by atoms with Crippen LogP contribution in [-0.4, -0.2) is 50.6 Å². The Morgan fingerprint density at radius 2 is 1.69 bits per heavy atom. The van der Waals surface area contributed by atoms with Crippen molar-refractivity contribution in [1.29, 1.82) is 0 Å². The summed E-state index contributed by atoms with van der Waals surface area (Å²) in [5, 5.41) is 3.07. The summed E-state index contributed by atoms with van der Waals surface area (Å²) in [5.41, 5.74) is 2.00. The lowest BCUT2D eigenvalue weighted by atomic mass is 10.2. The van der Waals surface area contributed by atoms with Gasteiger partial charge in [0.1, 0.15) is 5.75 Å². The van der Waals surface area contributed by atoms with E-state index < -0.39 is 0 Å². The fourth-order valence-corrected chi connectivity index (χ4v) is 3.05. The van der Waals surface area contributed by atoms with E-state index >= 15 is 0 Å². The molecule has 0 aromatic heterocycles. The van der Waals surface area contributed by atoms with Crippen LogP contribution >= 0.6 is 0 Å². The number of nitrogens with zero attached hydrogens (tertiary/aromatic N) is 2. The van der Waals surface area contributed by atoms with Gasteiger partial charge in [-0.1, -0.05) is 30.3 Å². The van der Waals surface area contributed by atoms with E-state index in [0.29, 0.717) is 19.4 Å². The highest BCUT2D eigenvalue weighted by Gasteiger charge is 2.17. The normalized spacial score (nSPS) is 14.9.